The molecule has 0 aliphatic heterocycles. The van der Waals surface area contributed by atoms with Crippen LogP contribution in [-0.2, 0) is 13.0 Å². The molecule has 0 saturated heterocycles. The molecule has 0 aliphatic rings. The number of nitrogens with zero attached hydrogens (tertiary/aromatic N) is 4. The van der Waals surface area contributed by atoms with Crippen molar-refractivity contribution in [3.63, 3.8) is 0 Å². The summed E-state index contributed by atoms with van der Waals surface area (Å²) in [6.45, 7) is 0.653. The van der Waals surface area contributed by atoms with E-state index in [1.807, 2.05) is 30.1 Å². The van der Waals surface area contributed by atoms with Crippen molar-refractivity contribution < 1.29 is 4.39 Å². The van der Waals surface area contributed by atoms with E-state index in [-0.39, 0.29) is 5.82 Å². The molecule has 6 heteroatoms. The Hall–Kier alpha value is -2.78. The van der Waals surface area contributed by atoms with E-state index in [4.69, 9.17) is 5.26 Å². The third kappa shape index (κ3) is 3.94. The van der Waals surface area contributed by atoms with E-state index in [1.165, 1.54) is 23.5 Å². The van der Waals surface area contributed by atoms with Gasteiger partial charge in [0.2, 0.25) is 5.13 Å². The third-order valence-corrected chi connectivity index (χ3v) is 4.56. The maximum atomic E-state index is 12.9. The summed E-state index contributed by atoms with van der Waals surface area (Å²) in [7, 11) is 1.95. The summed E-state index contributed by atoms with van der Waals surface area (Å²) in [5, 5.41) is 19.1. The highest BCUT2D eigenvalue weighted by Crippen LogP contribution is 2.23. The van der Waals surface area contributed by atoms with Crippen molar-refractivity contribution in [2.75, 3.05) is 11.9 Å². The number of anilines is 1. The molecule has 0 unspecified atom stereocenters. The minimum atomic E-state index is -0.240. The molecule has 0 N–H and O–H groups in total. The normalized spacial score (nSPS) is 10.4. The Morgan fingerprint density at radius 2 is 1.92 bits per heavy atom. The fraction of sp³-hybridized carbons (Fsp3) is 0.167. The van der Waals surface area contributed by atoms with Crippen LogP contribution in [0.3, 0.4) is 0 Å². The van der Waals surface area contributed by atoms with Gasteiger partial charge in [-0.05, 0) is 35.4 Å². The second-order valence-corrected chi connectivity index (χ2v) is 6.49. The van der Waals surface area contributed by atoms with Gasteiger partial charge in [-0.25, -0.2) is 4.39 Å². The van der Waals surface area contributed by atoms with Gasteiger partial charge in [-0.1, -0.05) is 35.6 Å². The summed E-state index contributed by atoms with van der Waals surface area (Å²) in [4.78, 5) is 2.00. The molecule has 4 nitrogen and oxygen atoms in total. The maximum absolute atomic E-state index is 12.9. The minimum Gasteiger partial charge on any atom is -0.345 e. The molecule has 1 heterocycles. The van der Waals surface area contributed by atoms with Crippen LogP contribution in [0.4, 0.5) is 9.52 Å². The SMILES string of the molecule is CN(Cc1cccc(C#N)c1)c1nnc(Cc2ccc(F)cc2)s1. The molecule has 0 amide bonds. The van der Waals surface area contributed by atoms with Crippen LogP contribution in [0, 0.1) is 17.1 Å². The lowest BCUT2D eigenvalue weighted by Crippen LogP contribution is -2.16. The van der Waals surface area contributed by atoms with Crippen LogP contribution in [0.5, 0.6) is 0 Å². The van der Waals surface area contributed by atoms with Crippen molar-refractivity contribution in [3.05, 3.63) is 76.0 Å². The molecule has 0 spiro atoms. The summed E-state index contributed by atoms with van der Waals surface area (Å²) in [6, 6.07) is 16.1. The van der Waals surface area contributed by atoms with Crippen LogP contribution < -0.4 is 4.90 Å². The van der Waals surface area contributed by atoms with Crippen molar-refractivity contribution in [1.29, 1.82) is 5.26 Å². The molecule has 0 fully saturated rings. The van der Waals surface area contributed by atoms with Crippen LogP contribution in [-0.4, -0.2) is 17.2 Å². The molecular formula is C18H15FN4S. The van der Waals surface area contributed by atoms with Crippen molar-refractivity contribution in [1.82, 2.24) is 10.2 Å². The van der Waals surface area contributed by atoms with Gasteiger partial charge in [0.25, 0.3) is 0 Å². The largest absolute Gasteiger partial charge is 0.345 e. The zero-order valence-electron chi connectivity index (χ0n) is 13.1. The Bertz CT molecular complexity index is 867. The number of hydrogen-bond donors (Lipinski definition) is 0. The van der Waals surface area contributed by atoms with Crippen molar-refractivity contribution in [3.8, 4) is 6.07 Å². The van der Waals surface area contributed by atoms with E-state index < -0.39 is 0 Å². The van der Waals surface area contributed by atoms with Crippen LogP contribution in [0.2, 0.25) is 0 Å². The van der Waals surface area contributed by atoms with Gasteiger partial charge in [0.15, 0.2) is 0 Å². The van der Waals surface area contributed by atoms with Gasteiger partial charge in [0.05, 0.1) is 11.6 Å². The average Bonchev–Trinajstić information content (AvgIpc) is 3.06. The zero-order chi connectivity index (χ0) is 16.9. The van der Waals surface area contributed by atoms with Gasteiger partial charge in [-0.2, -0.15) is 5.26 Å². The Balaban J connectivity index is 1.68. The standard InChI is InChI=1S/C18H15FN4S/c1-23(12-15-4-2-3-14(9-15)11-20)18-22-21-17(24-18)10-13-5-7-16(19)8-6-13/h2-9H,10,12H2,1H3. The van der Waals surface area contributed by atoms with Gasteiger partial charge in [0.1, 0.15) is 10.8 Å². The number of aromatic nitrogens is 2. The first-order chi connectivity index (χ1) is 11.6. The van der Waals surface area contributed by atoms with Crippen LogP contribution >= 0.6 is 11.3 Å². The quantitative estimate of drug-likeness (QED) is 0.710. The number of rotatable bonds is 5. The summed E-state index contributed by atoms with van der Waals surface area (Å²) in [5.74, 6) is -0.240. The first-order valence-electron chi connectivity index (χ1n) is 7.41. The summed E-state index contributed by atoms with van der Waals surface area (Å²) in [5.41, 5.74) is 2.70. The highest BCUT2D eigenvalue weighted by Gasteiger charge is 2.10. The van der Waals surface area contributed by atoms with Gasteiger partial charge in [0, 0.05) is 20.0 Å². The van der Waals surface area contributed by atoms with E-state index in [2.05, 4.69) is 16.3 Å². The molecule has 0 atom stereocenters. The molecule has 3 aromatic rings. The highest BCUT2D eigenvalue weighted by molar-refractivity contribution is 7.15. The summed E-state index contributed by atoms with van der Waals surface area (Å²) >= 11 is 1.51. The van der Waals surface area contributed by atoms with Gasteiger partial charge in [-0.15, -0.1) is 10.2 Å². The Morgan fingerprint density at radius 1 is 1.12 bits per heavy atom. The molecule has 120 valence electrons. The van der Waals surface area contributed by atoms with E-state index >= 15 is 0 Å². The minimum absolute atomic E-state index is 0.240. The maximum Gasteiger partial charge on any atom is 0.208 e. The Labute approximate surface area is 143 Å². The highest BCUT2D eigenvalue weighted by atomic mass is 32.1. The predicted molar refractivity (Wildman–Crippen MR) is 92.4 cm³/mol. The van der Waals surface area contributed by atoms with Crippen LogP contribution in [0.15, 0.2) is 48.5 Å². The molecule has 2 aromatic carbocycles. The monoisotopic (exact) mass is 338 g/mol. The Morgan fingerprint density at radius 3 is 2.67 bits per heavy atom. The average molecular weight is 338 g/mol. The lowest BCUT2D eigenvalue weighted by Gasteiger charge is -2.14. The second-order valence-electron chi connectivity index (χ2n) is 5.45. The Kier molecular flexibility index (Phi) is 4.82. The first kappa shape index (κ1) is 16.1. The molecule has 0 bridgehead atoms. The molecule has 0 aliphatic carbocycles. The summed E-state index contributed by atoms with van der Waals surface area (Å²) < 4.78 is 12.9. The van der Waals surface area contributed by atoms with Crippen molar-refractivity contribution in [2.45, 2.75) is 13.0 Å². The van der Waals surface area contributed by atoms with E-state index in [0.717, 1.165) is 21.3 Å². The van der Waals surface area contributed by atoms with Gasteiger partial charge in [-0.3, -0.25) is 0 Å². The lowest BCUT2D eigenvalue weighted by molar-refractivity contribution is 0.627. The third-order valence-electron chi connectivity index (χ3n) is 3.53. The first-order valence-corrected chi connectivity index (χ1v) is 8.22. The van der Waals surface area contributed by atoms with E-state index in [0.29, 0.717) is 18.5 Å². The zero-order valence-corrected chi connectivity index (χ0v) is 13.9. The number of benzene rings is 2. The fourth-order valence-electron chi connectivity index (χ4n) is 2.33. The summed E-state index contributed by atoms with van der Waals surface area (Å²) in [6.07, 6.45) is 0.635. The predicted octanol–water partition coefficient (Wildman–Crippen LogP) is 3.78. The van der Waals surface area contributed by atoms with E-state index in [9.17, 15) is 4.39 Å². The smallest absolute Gasteiger partial charge is 0.208 e. The molecule has 0 saturated carbocycles. The van der Waals surface area contributed by atoms with Crippen LogP contribution in [0.25, 0.3) is 0 Å². The molecular weight excluding hydrogens is 323 g/mol. The van der Waals surface area contributed by atoms with Crippen molar-refractivity contribution in [2.24, 2.45) is 0 Å². The number of halogens is 1. The molecule has 3 rings (SSSR count). The topological polar surface area (TPSA) is 52.8 Å². The van der Waals surface area contributed by atoms with Crippen molar-refractivity contribution >= 4 is 16.5 Å². The number of nitriles is 1. The van der Waals surface area contributed by atoms with Gasteiger partial charge < -0.3 is 4.90 Å². The fourth-order valence-corrected chi connectivity index (χ4v) is 3.16. The molecule has 24 heavy (non-hydrogen) atoms. The second kappa shape index (κ2) is 7.20. The van der Waals surface area contributed by atoms with E-state index in [1.54, 1.807) is 18.2 Å². The van der Waals surface area contributed by atoms with Crippen LogP contribution in [0.1, 0.15) is 21.7 Å². The van der Waals surface area contributed by atoms with Gasteiger partial charge >= 0.3 is 0 Å². The lowest BCUT2D eigenvalue weighted by atomic mass is 10.1. The molecule has 0 radical (unpaired) electrons. The number of hydrogen-bond acceptors (Lipinski definition) is 5. The molecule has 1 aromatic heterocycles.